The number of fused-ring (bicyclic) bond motifs is 5. The van der Waals surface area contributed by atoms with Crippen LogP contribution in [-0.2, 0) is 49.3 Å². The van der Waals surface area contributed by atoms with E-state index in [1.54, 1.807) is 35.8 Å². The quantitative estimate of drug-likeness (QED) is 0.237. The molecule has 3 aromatic rings. The van der Waals surface area contributed by atoms with Crippen molar-refractivity contribution in [2.24, 2.45) is 0 Å². The Labute approximate surface area is 229 Å². The molecule has 1 aromatic carbocycles. The molecule has 0 radical (unpaired) electrons. The van der Waals surface area contributed by atoms with Crippen LogP contribution in [0.5, 0.6) is 5.75 Å². The molecule has 40 heavy (non-hydrogen) atoms. The number of sulfone groups is 1. The maximum atomic E-state index is 13.8. The summed E-state index contributed by atoms with van der Waals surface area (Å²) in [7, 11) is -3.46. The number of phenols is 1. The van der Waals surface area contributed by atoms with Gasteiger partial charge in [-0.1, -0.05) is 13.8 Å². The highest BCUT2D eigenvalue weighted by Gasteiger charge is 2.48. The molecule has 2 aromatic heterocycles. The number of aromatic hydroxyl groups is 1. The molecule has 2 aliphatic heterocycles. The van der Waals surface area contributed by atoms with E-state index in [0.29, 0.717) is 23.3 Å². The zero-order valence-electron chi connectivity index (χ0n) is 22.3. The average Bonchev–Trinajstić information content (AvgIpc) is 3.26. The van der Waals surface area contributed by atoms with Crippen molar-refractivity contribution in [2.45, 2.75) is 45.4 Å². The van der Waals surface area contributed by atoms with Crippen LogP contribution in [0.2, 0.25) is 0 Å². The highest BCUT2D eigenvalue weighted by Crippen LogP contribution is 2.42. The SMILES string of the molecule is CCc1c2c(nc3ccc(O)cc13)-c1cc3c(c(=O)n1C2)COC(=O)[C@@]3(CC)OCN(CCS(C)(=O)=O)C(=O)O. The summed E-state index contributed by atoms with van der Waals surface area (Å²) in [5.74, 6) is -1.08. The first kappa shape index (κ1) is 27.6. The Bertz CT molecular complexity index is 1730. The van der Waals surface area contributed by atoms with E-state index in [-0.39, 0.29) is 48.6 Å². The fourth-order valence-electron chi connectivity index (χ4n) is 5.46. The fraction of sp³-hybridized carbons (Fsp3) is 0.407. The number of cyclic esters (lactones) is 1. The Morgan fingerprint density at radius 3 is 2.62 bits per heavy atom. The van der Waals surface area contributed by atoms with Gasteiger partial charge in [0, 0.05) is 29.3 Å². The van der Waals surface area contributed by atoms with Crippen molar-refractivity contribution < 1.29 is 37.7 Å². The van der Waals surface area contributed by atoms with E-state index < -0.39 is 40.0 Å². The predicted octanol–water partition coefficient (Wildman–Crippen LogP) is 2.35. The molecule has 4 heterocycles. The number of esters is 1. The Balaban J connectivity index is 1.62. The number of carboxylic acid groups (broad SMARTS) is 1. The number of hydrogen-bond acceptors (Lipinski definition) is 9. The van der Waals surface area contributed by atoms with Crippen molar-refractivity contribution >= 4 is 32.8 Å². The highest BCUT2D eigenvalue weighted by atomic mass is 32.2. The topological polar surface area (TPSA) is 165 Å². The first-order chi connectivity index (χ1) is 18.9. The molecule has 5 rings (SSSR count). The van der Waals surface area contributed by atoms with Gasteiger partial charge in [-0.25, -0.2) is 23.0 Å². The van der Waals surface area contributed by atoms with E-state index in [0.717, 1.165) is 27.7 Å². The predicted molar refractivity (Wildman–Crippen MR) is 144 cm³/mol. The lowest BCUT2D eigenvalue weighted by Gasteiger charge is -2.37. The summed E-state index contributed by atoms with van der Waals surface area (Å²) in [4.78, 5) is 44.3. The summed E-state index contributed by atoms with van der Waals surface area (Å²) in [5, 5.41) is 20.5. The molecule has 212 valence electrons. The molecule has 2 aliphatic rings. The van der Waals surface area contributed by atoms with Gasteiger partial charge in [-0.3, -0.25) is 9.69 Å². The van der Waals surface area contributed by atoms with Crippen LogP contribution in [0.25, 0.3) is 22.3 Å². The standard InChI is InChI=1S/C27H29N3O9S/c1-4-16-17-10-15(31)6-7-21(17)28-23-18(16)12-30-22(23)11-20-19(24(30)32)13-38-25(33)27(20,5-2)39-14-29(26(34)35)8-9-40(3,36)37/h6-7,10-11,31H,4-5,8-9,12-14H2,1-3H3,(H,34,35)/t27-/m0/s1. The number of aromatic nitrogens is 2. The number of phenolic OH excluding ortho intramolecular Hbond substituents is 1. The largest absolute Gasteiger partial charge is 0.508 e. The second-order valence-corrected chi connectivity index (χ2v) is 12.3. The maximum Gasteiger partial charge on any atom is 0.409 e. The second-order valence-electron chi connectivity index (χ2n) is 9.99. The number of rotatable bonds is 8. The lowest BCUT2D eigenvalue weighted by atomic mass is 9.85. The lowest BCUT2D eigenvalue weighted by Crippen LogP contribution is -2.49. The van der Waals surface area contributed by atoms with Crippen molar-refractivity contribution in [1.82, 2.24) is 14.5 Å². The van der Waals surface area contributed by atoms with Gasteiger partial charge in [-0.05, 0) is 42.7 Å². The van der Waals surface area contributed by atoms with E-state index in [9.17, 15) is 33.0 Å². The summed E-state index contributed by atoms with van der Waals surface area (Å²) in [6, 6.07) is 6.59. The van der Waals surface area contributed by atoms with Crippen LogP contribution in [-0.4, -0.2) is 70.4 Å². The Morgan fingerprint density at radius 2 is 1.98 bits per heavy atom. The van der Waals surface area contributed by atoms with Crippen LogP contribution in [0, 0.1) is 0 Å². The maximum absolute atomic E-state index is 13.8. The Morgan fingerprint density at radius 1 is 1.23 bits per heavy atom. The minimum Gasteiger partial charge on any atom is -0.508 e. The van der Waals surface area contributed by atoms with Crippen LogP contribution in [0.1, 0.15) is 42.5 Å². The Kier molecular flexibility index (Phi) is 6.83. The highest BCUT2D eigenvalue weighted by molar-refractivity contribution is 7.90. The minimum absolute atomic E-state index is 0.0265. The fourth-order valence-corrected chi connectivity index (χ4v) is 6.01. The van der Waals surface area contributed by atoms with Gasteiger partial charge < -0.3 is 24.3 Å². The van der Waals surface area contributed by atoms with Crippen LogP contribution in [0.3, 0.4) is 0 Å². The first-order valence-corrected chi connectivity index (χ1v) is 14.8. The molecule has 0 spiro atoms. The third-order valence-electron chi connectivity index (χ3n) is 7.58. The molecule has 13 heteroatoms. The number of amides is 1. The normalized spacial score (nSPS) is 17.7. The molecular weight excluding hydrogens is 542 g/mol. The summed E-state index contributed by atoms with van der Waals surface area (Å²) in [6.07, 6.45) is 0.233. The van der Waals surface area contributed by atoms with Gasteiger partial charge in [0.05, 0.1) is 34.8 Å². The van der Waals surface area contributed by atoms with E-state index in [1.165, 1.54) is 0 Å². The van der Waals surface area contributed by atoms with Gasteiger partial charge in [0.15, 0.2) is 5.60 Å². The molecule has 0 unspecified atom stereocenters. The molecule has 0 saturated heterocycles. The number of ether oxygens (including phenoxy) is 2. The molecule has 0 fully saturated rings. The molecule has 0 saturated carbocycles. The zero-order chi connectivity index (χ0) is 29.0. The third kappa shape index (κ3) is 4.48. The second kappa shape index (κ2) is 9.89. The van der Waals surface area contributed by atoms with Crippen LogP contribution in [0.15, 0.2) is 29.1 Å². The molecule has 1 atom stereocenters. The van der Waals surface area contributed by atoms with Crippen molar-refractivity contribution in [3.63, 3.8) is 0 Å². The van der Waals surface area contributed by atoms with Crippen molar-refractivity contribution in [2.75, 3.05) is 25.3 Å². The molecule has 0 bridgehead atoms. The van der Waals surface area contributed by atoms with Crippen LogP contribution in [0.4, 0.5) is 4.79 Å². The Hall–Kier alpha value is -3.97. The molecule has 1 amide bonds. The number of pyridine rings is 2. The zero-order valence-corrected chi connectivity index (χ0v) is 23.1. The number of carbonyl (C=O) groups excluding carboxylic acids is 1. The number of hydrogen-bond donors (Lipinski definition) is 2. The van der Waals surface area contributed by atoms with E-state index in [4.69, 9.17) is 14.5 Å². The summed E-state index contributed by atoms with van der Waals surface area (Å²) in [6.45, 7) is 2.65. The van der Waals surface area contributed by atoms with Crippen LogP contribution >= 0.6 is 0 Å². The van der Waals surface area contributed by atoms with Crippen molar-refractivity contribution in [3.8, 4) is 17.1 Å². The summed E-state index contributed by atoms with van der Waals surface area (Å²) >= 11 is 0. The molecule has 12 nitrogen and oxygen atoms in total. The molecular formula is C27H29N3O9S. The molecule has 0 aliphatic carbocycles. The monoisotopic (exact) mass is 571 g/mol. The molecule has 2 N–H and O–H groups in total. The number of carbonyl (C=O) groups is 2. The van der Waals surface area contributed by atoms with Crippen molar-refractivity contribution in [1.29, 1.82) is 0 Å². The van der Waals surface area contributed by atoms with E-state index in [2.05, 4.69) is 0 Å². The third-order valence-corrected chi connectivity index (χ3v) is 8.50. The summed E-state index contributed by atoms with van der Waals surface area (Å²) < 4.78 is 36.1. The van der Waals surface area contributed by atoms with Gasteiger partial charge >= 0.3 is 12.1 Å². The van der Waals surface area contributed by atoms with Crippen LogP contribution < -0.4 is 5.56 Å². The van der Waals surface area contributed by atoms with Gasteiger partial charge in [-0.2, -0.15) is 0 Å². The minimum atomic E-state index is -3.46. The first-order valence-electron chi connectivity index (χ1n) is 12.8. The van der Waals surface area contributed by atoms with Gasteiger partial charge in [0.2, 0.25) is 0 Å². The number of nitrogens with zero attached hydrogens (tertiary/aromatic N) is 3. The van der Waals surface area contributed by atoms with E-state index >= 15 is 0 Å². The van der Waals surface area contributed by atoms with E-state index in [1.807, 2.05) is 6.92 Å². The average molecular weight is 572 g/mol. The number of benzene rings is 1. The van der Waals surface area contributed by atoms with Gasteiger partial charge in [0.1, 0.15) is 28.9 Å². The summed E-state index contributed by atoms with van der Waals surface area (Å²) in [5.41, 5.74) is 1.84. The lowest BCUT2D eigenvalue weighted by molar-refractivity contribution is -0.186. The van der Waals surface area contributed by atoms with Crippen molar-refractivity contribution in [3.05, 3.63) is 56.9 Å². The van der Waals surface area contributed by atoms with Gasteiger partial charge in [-0.15, -0.1) is 0 Å². The van der Waals surface area contributed by atoms with Gasteiger partial charge in [0.25, 0.3) is 5.56 Å². The number of aryl methyl sites for hydroxylation is 1. The smallest absolute Gasteiger partial charge is 0.409 e.